The zero-order valence-corrected chi connectivity index (χ0v) is 8.57. The largest absolute Gasteiger partial charge is 0.464 e. The zero-order valence-electron chi connectivity index (χ0n) is 7.75. The second-order valence-corrected chi connectivity index (χ2v) is 4.41. The van der Waals surface area contributed by atoms with Crippen LogP contribution in [0.4, 0.5) is 0 Å². The van der Waals surface area contributed by atoms with Crippen molar-refractivity contribution in [3.63, 3.8) is 0 Å². The van der Waals surface area contributed by atoms with Crippen LogP contribution in [0.1, 0.15) is 20.3 Å². The highest BCUT2D eigenvalue weighted by atomic mass is 32.2. The van der Waals surface area contributed by atoms with E-state index in [2.05, 4.69) is 5.32 Å². The Hall–Kier alpha value is -0.710. The Morgan fingerprint density at radius 2 is 2.46 bits per heavy atom. The summed E-state index contributed by atoms with van der Waals surface area (Å²) in [5.74, 6) is 0.212. The lowest BCUT2D eigenvalue weighted by Gasteiger charge is -2.31. The molecule has 0 spiro atoms. The molecule has 1 aliphatic rings. The fourth-order valence-corrected chi connectivity index (χ4v) is 2.15. The van der Waals surface area contributed by atoms with Gasteiger partial charge in [-0.25, -0.2) is 4.79 Å². The van der Waals surface area contributed by atoms with Gasteiger partial charge < -0.3 is 10.1 Å². The monoisotopic (exact) mass is 203 g/mol. The standard InChI is InChI=1S/C8H13NO3S/c1-3-12-7(11)8(2)9-6(10)4-5-13-8/h3-5H2,1-2H3,(H,9,10). The first-order valence-electron chi connectivity index (χ1n) is 4.20. The van der Waals surface area contributed by atoms with Gasteiger partial charge in [-0.2, -0.15) is 0 Å². The second-order valence-electron chi connectivity index (χ2n) is 2.90. The van der Waals surface area contributed by atoms with E-state index in [4.69, 9.17) is 4.74 Å². The Bertz CT molecular complexity index is 231. The molecule has 1 atom stereocenters. The summed E-state index contributed by atoms with van der Waals surface area (Å²) in [7, 11) is 0. The zero-order chi connectivity index (χ0) is 9.90. The average molecular weight is 203 g/mol. The minimum Gasteiger partial charge on any atom is -0.464 e. The van der Waals surface area contributed by atoms with Gasteiger partial charge >= 0.3 is 5.97 Å². The molecular weight excluding hydrogens is 190 g/mol. The molecule has 0 aromatic rings. The van der Waals surface area contributed by atoms with Gasteiger partial charge in [0.05, 0.1) is 6.61 Å². The normalized spacial score (nSPS) is 28.0. The quantitative estimate of drug-likeness (QED) is 0.665. The summed E-state index contributed by atoms with van der Waals surface area (Å²) in [5.41, 5.74) is 0. The van der Waals surface area contributed by atoms with Gasteiger partial charge in [0.15, 0.2) is 4.87 Å². The van der Waals surface area contributed by atoms with Crippen molar-refractivity contribution in [1.29, 1.82) is 0 Å². The summed E-state index contributed by atoms with van der Waals surface area (Å²) in [4.78, 5) is 21.6. The number of thioether (sulfide) groups is 1. The smallest absolute Gasteiger partial charge is 0.342 e. The highest BCUT2D eigenvalue weighted by molar-refractivity contribution is 8.01. The lowest BCUT2D eigenvalue weighted by atomic mass is 10.3. The van der Waals surface area contributed by atoms with E-state index in [0.29, 0.717) is 18.8 Å². The van der Waals surface area contributed by atoms with Crippen molar-refractivity contribution < 1.29 is 14.3 Å². The van der Waals surface area contributed by atoms with Gasteiger partial charge in [-0.05, 0) is 13.8 Å². The number of hydrogen-bond donors (Lipinski definition) is 1. The summed E-state index contributed by atoms with van der Waals surface area (Å²) in [6.07, 6.45) is 0.472. The third kappa shape index (κ3) is 2.37. The van der Waals surface area contributed by atoms with Crippen LogP contribution >= 0.6 is 11.8 Å². The van der Waals surface area contributed by atoms with Gasteiger partial charge in [-0.1, -0.05) is 0 Å². The number of carbonyl (C=O) groups is 2. The fraction of sp³-hybridized carbons (Fsp3) is 0.750. The molecule has 1 N–H and O–H groups in total. The van der Waals surface area contributed by atoms with Crippen LogP contribution in [0.25, 0.3) is 0 Å². The maximum absolute atomic E-state index is 11.4. The topological polar surface area (TPSA) is 55.4 Å². The average Bonchev–Trinajstić information content (AvgIpc) is 2.04. The molecule has 13 heavy (non-hydrogen) atoms. The molecule has 0 aromatic heterocycles. The van der Waals surface area contributed by atoms with Crippen molar-refractivity contribution in [1.82, 2.24) is 5.32 Å². The van der Waals surface area contributed by atoms with Gasteiger partial charge in [0.25, 0.3) is 0 Å². The predicted octanol–water partition coefficient (Wildman–Crippen LogP) is 0.519. The molecule has 0 aliphatic carbocycles. The maximum atomic E-state index is 11.4. The molecule has 1 fully saturated rings. The van der Waals surface area contributed by atoms with E-state index in [1.807, 2.05) is 0 Å². The summed E-state index contributed by atoms with van der Waals surface area (Å²) < 4.78 is 4.86. The van der Waals surface area contributed by atoms with E-state index in [-0.39, 0.29) is 11.9 Å². The van der Waals surface area contributed by atoms with Crippen molar-refractivity contribution in [2.45, 2.75) is 25.1 Å². The number of nitrogens with one attached hydrogen (secondary N) is 1. The van der Waals surface area contributed by atoms with E-state index in [9.17, 15) is 9.59 Å². The number of esters is 1. The molecule has 0 aromatic carbocycles. The van der Waals surface area contributed by atoms with Gasteiger partial charge in [0.1, 0.15) is 0 Å². The minimum absolute atomic E-state index is 0.0886. The van der Waals surface area contributed by atoms with Gasteiger partial charge in [-0.3, -0.25) is 4.79 Å². The van der Waals surface area contributed by atoms with Crippen LogP contribution in [0.2, 0.25) is 0 Å². The van der Waals surface area contributed by atoms with E-state index in [0.717, 1.165) is 0 Å². The van der Waals surface area contributed by atoms with Crippen molar-refractivity contribution in [2.24, 2.45) is 0 Å². The third-order valence-corrected chi connectivity index (χ3v) is 3.02. The molecule has 1 unspecified atom stereocenters. The van der Waals surface area contributed by atoms with Crippen molar-refractivity contribution in [3.05, 3.63) is 0 Å². The lowest BCUT2D eigenvalue weighted by Crippen LogP contribution is -2.53. The molecule has 1 aliphatic heterocycles. The Balaban J connectivity index is 2.63. The van der Waals surface area contributed by atoms with Crippen LogP contribution in [0.3, 0.4) is 0 Å². The summed E-state index contributed by atoms with van der Waals surface area (Å²) in [6.45, 7) is 3.76. The van der Waals surface area contributed by atoms with E-state index < -0.39 is 4.87 Å². The molecule has 1 saturated heterocycles. The van der Waals surface area contributed by atoms with Crippen LogP contribution in [0, 0.1) is 0 Å². The molecule has 0 saturated carbocycles. The summed E-state index contributed by atoms with van der Waals surface area (Å²) in [6, 6.07) is 0. The Kier molecular flexibility index (Phi) is 3.19. The molecule has 1 rings (SSSR count). The van der Waals surface area contributed by atoms with Crippen LogP contribution in [0.15, 0.2) is 0 Å². The first-order valence-corrected chi connectivity index (χ1v) is 5.19. The predicted molar refractivity (Wildman–Crippen MR) is 50.3 cm³/mol. The van der Waals surface area contributed by atoms with Crippen LogP contribution < -0.4 is 5.32 Å². The number of ether oxygens (including phenoxy) is 1. The molecule has 74 valence electrons. The highest BCUT2D eigenvalue weighted by Gasteiger charge is 2.39. The first-order chi connectivity index (χ1) is 6.08. The van der Waals surface area contributed by atoms with Crippen LogP contribution in [-0.4, -0.2) is 29.1 Å². The highest BCUT2D eigenvalue weighted by Crippen LogP contribution is 2.27. The summed E-state index contributed by atoms with van der Waals surface area (Å²) in [5, 5.41) is 2.63. The lowest BCUT2D eigenvalue weighted by molar-refractivity contribution is -0.148. The van der Waals surface area contributed by atoms with Crippen molar-refractivity contribution >= 4 is 23.6 Å². The Labute approximate surface area is 81.4 Å². The Morgan fingerprint density at radius 3 is 3.00 bits per heavy atom. The number of rotatable bonds is 2. The molecule has 0 bridgehead atoms. The third-order valence-electron chi connectivity index (χ3n) is 1.76. The van der Waals surface area contributed by atoms with E-state index >= 15 is 0 Å². The molecule has 1 heterocycles. The Morgan fingerprint density at radius 1 is 1.77 bits per heavy atom. The van der Waals surface area contributed by atoms with Crippen molar-refractivity contribution in [3.8, 4) is 0 Å². The molecule has 1 amide bonds. The number of hydrogen-bond acceptors (Lipinski definition) is 4. The molecular formula is C8H13NO3S. The minimum atomic E-state index is -0.884. The van der Waals surface area contributed by atoms with Crippen LogP contribution in [-0.2, 0) is 14.3 Å². The second kappa shape index (κ2) is 4.00. The number of amides is 1. The van der Waals surface area contributed by atoms with E-state index in [1.54, 1.807) is 13.8 Å². The molecule has 5 heteroatoms. The number of carbonyl (C=O) groups excluding carboxylic acids is 2. The van der Waals surface area contributed by atoms with Gasteiger partial charge in [0.2, 0.25) is 5.91 Å². The van der Waals surface area contributed by atoms with Gasteiger partial charge in [-0.15, -0.1) is 11.8 Å². The van der Waals surface area contributed by atoms with Gasteiger partial charge in [0, 0.05) is 12.2 Å². The SMILES string of the molecule is CCOC(=O)C1(C)NC(=O)CCS1. The van der Waals surface area contributed by atoms with E-state index in [1.165, 1.54) is 11.8 Å². The summed E-state index contributed by atoms with van der Waals surface area (Å²) >= 11 is 1.41. The first kappa shape index (κ1) is 10.4. The molecule has 4 nitrogen and oxygen atoms in total. The van der Waals surface area contributed by atoms with Crippen molar-refractivity contribution in [2.75, 3.05) is 12.4 Å². The fourth-order valence-electron chi connectivity index (χ4n) is 1.09. The molecule has 0 radical (unpaired) electrons. The van der Waals surface area contributed by atoms with Crippen LogP contribution in [0.5, 0.6) is 0 Å². The maximum Gasteiger partial charge on any atom is 0.342 e.